The second-order valence-corrected chi connectivity index (χ2v) is 3.72. The summed E-state index contributed by atoms with van der Waals surface area (Å²) in [6.45, 7) is 4.65. The third-order valence-electron chi connectivity index (χ3n) is 1.51. The van der Waals surface area contributed by atoms with Crippen molar-refractivity contribution in [3.8, 4) is 0 Å². The van der Waals surface area contributed by atoms with Gasteiger partial charge in [0, 0.05) is 6.54 Å². The number of nitrogens with one attached hydrogen (secondary N) is 1. The monoisotopic (exact) mass is 213 g/mol. The van der Waals surface area contributed by atoms with Gasteiger partial charge in [-0.2, -0.15) is 0 Å². The molecule has 1 aromatic rings. The zero-order valence-electron chi connectivity index (χ0n) is 8.12. The molecule has 76 valence electrons. The van der Waals surface area contributed by atoms with Crippen LogP contribution in [0.25, 0.3) is 0 Å². The van der Waals surface area contributed by atoms with Crippen molar-refractivity contribution in [1.29, 1.82) is 0 Å². The van der Waals surface area contributed by atoms with E-state index in [-0.39, 0.29) is 16.8 Å². The van der Waals surface area contributed by atoms with Crippen molar-refractivity contribution in [1.82, 2.24) is 15.3 Å². The van der Waals surface area contributed by atoms with Crippen molar-refractivity contribution >= 4 is 17.5 Å². The SMILES string of the molecule is CC(C)CNC(=O)c1cncc(Cl)n1. The molecular weight excluding hydrogens is 202 g/mol. The number of nitrogens with zero attached hydrogens (tertiary/aromatic N) is 2. The zero-order chi connectivity index (χ0) is 10.6. The Morgan fingerprint density at radius 3 is 2.86 bits per heavy atom. The topological polar surface area (TPSA) is 54.9 Å². The number of hydrogen-bond acceptors (Lipinski definition) is 3. The summed E-state index contributed by atoms with van der Waals surface area (Å²) in [5.74, 6) is 0.166. The van der Waals surface area contributed by atoms with E-state index in [0.29, 0.717) is 12.5 Å². The lowest BCUT2D eigenvalue weighted by Crippen LogP contribution is -2.28. The van der Waals surface area contributed by atoms with Crippen LogP contribution in [0.1, 0.15) is 24.3 Å². The molecule has 0 spiro atoms. The standard InChI is InChI=1S/C9H12ClN3O/c1-6(2)3-12-9(14)7-4-11-5-8(10)13-7/h4-6H,3H2,1-2H3,(H,12,14). The number of rotatable bonds is 3. The second-order valence-electron chi connectivity index (χ2n) is 3.33. The largest absolute Gasteiger partial charge is 0.350 e. The second kappa shape index (κ2) is 4.91. The Hall–Kier alpha value is -1.16. The first-order chi connectivity index (χ1) is 6.59. The molecule has 1 N–H and O–H groups in total. The van der Waals surface area contributed by atoms with Crippen molar-refractivity contribution in [3.05, 3.63) is 23.2 Å². The summed E-state index contributed by atoms with van der Waals surface area (Å²) in [7, 11) is 0. The minimum atomic E-state index is -0.242. The van der Waals surface area contributed by atoms with E-state index in [0.717, 1.165) is 0 Å². The highest BCUT2D eigenvalue weighted by Gasteiger charge is 2.07. The molecule has 0 aliphatic heterocycles. The predicted molar refractivity (Wildman–Crippen MR) is 54.2 cm³/mol. The molecule has 1 heterocycles. The van der Waals surface area contributed by atoms with Gasteiger partial charge in [0.2, 0.25) is 0 Å². The Kier molecular flexibility index (Phi) is 3.83. The van der Waals surface area contributed by atoms with Gasteiger partial charge in [-0.1, -0.05) is 25.4 Å². The maximum absolute atomic E-state index is 11.4. The molecule has 0 fully saturated rings. The van der Waals surface area contributed by atoms with Gasteiger partial charge in [0.25, 0.3) is 5.91 Å². The van der Waals surface area contributed by atoms with E-state index < -0.39 is 0 Å². The highest BCUT2D eigenvalue weighted by atomic mass is 35.5. The van der Waals surface area contributed by atoms with E-state index in [4.69, 9.17) is 11.6 Å². The molecule has 0 unspecified atom stereocenters. The molecule has 0 aliphatic rings. The minimum Gasteiger partial charge on any atom is -0.350 e. The average molecular weight is 214 g/mol. The maximum Gasteiger partial charge on any atom is 0.271 e. The summed E-state index contributed by atoms with van der Waals surface area (Å²) in [6.07, 6.45) is 2.78. The molecule has 5 heteroatoms. The Morgan fingerprint density at radius 1 is 1.57 bits per heavy atom. The fraction of sp³-hybridized carbons (Fsp3) is 0.444. The quantitative estimate of drug-likeness (QED) is 0.828. The number of carbonyl (C=O) groups excluding carboxylic acids is 1. The van der Waals surface area contributed by atoms with Crippen LogP contribution in [0.4, 0.5) is 0 Å². The van der Waals surface area contributed by atoms with Gasteiger partial charge in [-0.15, -0.1) is 0 Å². The molecule has 0 atom stereocenters. The molecule has 14 heavy (non-hydrogen) atoms. The molecule has 1 aromatic heterocycles. The Morgan fingerprint density at radius 2 is 2.29 bits per heavy atom. The normalized spacial score (nSPS) is 10.3. The maximum atomic E-state index is 11.4. The fourth-order valence-electron chi connectivity index (χ4n) is 0.839. The lowest BCUT2D eigenvalue weighted by atomic mass is 10.2. The van der Waals surface area contributed by atoms with Crippen LogP contribution in [0.2, 0.25) is 5.15 Å². The van der Waals surface area contributed by atoms with Crippen LogP contribution in [0.15, 0.2) is 12.4 Å². The van der Waals surface area contributed by atoms with Crippen LogP contribution in [0.5, 0.6) is 0 Å². The van der Waals surface area contributed by atoms with Gasteiger partial charge in [-0.25, -0.2) is 4.98 Å². The molecule has 1 amide bonds. The van der Waals surface area contributed by atoms with Crippen molar-refractivity contribution < 1.29 is 4.79 Å². The summed E-state index contributed by atoms with van der Waals surface area (Å²) in [5, 5.41) is 2.95. The van der Waals surface area contributed by atoms with Crippen LogP contribution in [-0.2, 0) is 0 Å². The summed E-state index contributed by atoms with van der Waals surface area (Å²) in [4.78, 5) is 19.0. The molecule has 0 radical (unpaired) electrons. The first-order valence-electron chi connectivity index (χ1n) is 4.35. The Balaban J connectivity index is 2.61. The van der Waals surface area contributed by atoms with Crippen LogP contribution in [0.3, 0.4) is 0 Å². The number of hydrogen-bond donors (Lipinski definition) is 1. The van der Waals surface area contributed by atoms with E-state index in [9.17, 15) is 4.79 Å². The number of aromatic nitrogens is 2. The molecular formula is C9H12ClN3O. The van der Waals surface area contributed by atoms with Crippen molar-refractivity contribution in [2.75, 3.05) is 6.54 Å². The summed E-state index contributed by atoms with van der Waals surface area (Å²) >= 11 is 5.60. The molecule has 1 rings (SSSR count). The van der Waals surface area contributed by atoms with Crippen LogP contribution in [0, 0.1) is 5.92 Å². The van der Waals surface area contributed by atoms with Gasteiger partial charge in [0.15, 0.2) is 0 Å². The average Bonchev–Trinajstić information content (AvgIpc) is 2.14. The molecule has 0 aliphatic carbocycles. The highest BCUT2D eigenvalue weighted by Crippen LogP contribution is 2.02. The molecule has 0 bridgehead atoms. The van der Waals surface area contributed by atoms with E-state index in [2.05, 4.69) is 15.3 Å². The lowest BCUT2D eigenvalue weighted by Gasteiger charge is -2.06. The van der Waals surface area contributed by atoms with Crippen LogP contribution >= 0.6 is 11.6 Å². The molecule has 0 saturated carbocycles. The minimum absolute atomic E-state index is 0.224. The van der Waals surface area contributed by atoms with E-state index in [1.807, 2.05) is 13.8 Å². The van der Waals surface area contributed by atoms with E-state index in [1.54, 1.807) is 0 Å². The first-order valence-corrected chi connectivity index (χ1v) is 4.73. The Labute approximate surface area is 87.7 Å². The number of halogens is 1. The van der Waals surface area contributed by atoms with Gasteiger partial charge in [0.1, 0.15) is 10.8 Å². The Bertz CT molecular complexity index is 328. The van der Waals surface area contributed by atoms with Crippen LogP contribution in [-0.4, -0.2) is 22.4 Å². The smallest absolute Gasteiger partial charge is 0.271 e. The highest BCUT2D eigenvalue weighted by molar-refractivity contribution is 6.29. The third-order valence-corrected chi connectivity index (χ3v) is 1.69. The first kappa shape index (κ1) is 10.9. The predicted octanol–water partition coefficient (Wildman–Crippen LogP) is 1.52. The third kappa shape index (κ3) is 3.30. The summed E-state index contributed by atoms with van der Waals surface area (Å²) in [5.41, 5.74) is 0.248. The van der Waals surface area contributed by atoms with Crippen molar-refractivity contribution in [2.24, 2.45) is 5.92 Å². The van der Waals surface area contributed by atoms with Gasteiger partial charge < -0.3 is 5.32 Å². The summed E-state index contributed by atoms with van der Waals surface area (Å²) < 4.78 is 0. The van der Waals surface area contributed by atoms with Crippen molar-refractivity contribution in [2.45, 2.75) is 13.8 Å². The number of carbonyl (C=O) groups is 1. The number of amides is 1. The summed E-state index contributed by atoms with van der Waals surface area (Å²) in [6, 6.07) is 0. The van der Waals surface area contributed by atoms with E-state index in [1.165, 1.54) is 12.4 Å². The van der Waals surface area contributed by atoms with Gasteiger partial charge >= 0.3 is 0 Å². The van der Waals surface area contributed by atoms with E-state index >= 15 is 0 Å². The zero-order valence-corrected chi connectivity index (χ0v) is 8.88. The lowest BCUT2D eigenvalue weighted by molar-refractivity contribution is 0.0943. The molecule has 4 nitrogen and oxygen atoms in total. The van der Waals surface area contributed by atoms with Gasteiger partial charge in [-0.3, -0.25) is 9.78 Å². The van der Waals surface area contributed by atoms with Gasteiger partial charge in [-0.05, 0) is 5.92 Å². The van der Waals surface area contributed by atoms with Gasteiger partial charge in [0.05, 0.1) is 12.4 Å². The van der Waals surface area contributed by atoms with Crippen molar-refractivity contribution in [3.63, 3.8) is 0 Å². The molecule has 0 saturated heterocycles. The van der Waals surface area contributed by atoms with Crippen LogP contribution < -0.4 is 5.32 Å². The molecule has 0 aromatic carbocycles. The fourth-order valence-corrected chi connectivity index (χ4v) is 0.986.